The summed E-state index contributed by atoms with van der Waals surface area (Å²) in [5.41, 5.74) is 7.59. The van der Waals surface area contributed by atoms with Crippen molar-refractivity contribution in [1.29, 1.82) is 0 Å². The first-order chi connectivity index (χ1) is 12.6. The van der Waals surface area contributed by atoms with Gasteiger partial charge in [-0.2, -0.15) is 0 Å². The highest BCUT2D eigenvalue weighted by molar-refractivity contribution is 7.18. The van der Waals surface area contributed by atoms with Crippen LogP contribution < -0.4 is 11.1 Å². The lowest BCUT2D eigenvalue weighted by atomic mass is 10.1. The fourth-order valence-electron chi connectivity index (χ4n) is 2.55. The van der Waals surface area contributed by atoms with Crippen LogP contribution in [0.5, 0.6) is 0 Å². The van der Waals surface area contributed by atoms with Crippen molar-refractivity contribution in [3.63, 3.8) is 0 Å². The molecule has 1 aromatic heterocycles. The van der Waals surface area contributed by atoms with Gasteiger partial charge in [-0.1, -0.05) is 59.9 Å². The number of primary amides is 1. The summed E-state index contributed by atoms with van der Waals surface area (Å²) in [5.74, 6) is -0.630. The van der Waals surface area contributed by atoms with Gasteiger partial charge in [0, 0.05) is 17.5 Å². The Morgan fingerprint density at radius 1 is 1.00 bits per heavy atom. The predicted octanol–water partition coefficient (Wildman–Crippen LogP) is 3.27. The Balaban J connectivity index is 1.58. The van der Waals surface area contributed by atoms with Gasteiger partial charge in [0.2, 0.25) is 16.9 Å². The molecule has 0 aliphatic heterocycles. The van der Waals surface area contributed by atoms with Gasteiger partial charge in [-0.3, -0.25) is 9.59 Å². The molecule has 26 heavy (non-hydrogen) atoms. The first kappa shape index (κ1) is 17.8. The third-order valence-corrected chi connectivity index (χ3v) is 4.68. The number of nitrogens with two attached hydrogens (primary N) is 1. The molecule has 0 radical (unpaired) electrons. The fraction of sp³-hybridized carbons (Fsp3) is 0.158. The molecule has 0 unspecified atom stereocenters. The SMILES string of the molecule is NC(=O)c1ccccc1-c1nnc(NC(=O)CCCc2ccccc2)s1. The van der Waals surface area contributed by atoms with Crippen molar-refractivity contribution in [3.05, 3.63) is 65.7 Å². The molecule has 132 valence electrons. The molecule has 3 rings (SSSR count). The molecule has 0 aliphatic rings. The Morgan fingerprint density at radius 3 is 2.50 bits per heavy atom. The maximum absolute atomic E-state index is 12.1. The zero-order valence-corrected chi connectivity index (χ0v) is 14.8. The fourth-order valence-corrected chi connectivity index (χ4v) is 3.35. The molecule has 2 aromatic carbocycles. The molecule has 2 amide bonds. The van der Waals surface area contributed by atoms with Crippen LogP contribution in [-0.4, -0.2) is 22.0 Å². The average Bonchev–Trinajstić information content (AvgIpc) is 3.11. The van der Waals surface area contributed by atoms with Gasteiger partial charge < -0.3 is 11.1 Å². The van der Waals surface area contributed by atoms with Crippen molar-refractivity contribution < 1.29 is 9.59 Å². The van der Waals surface area contributed by atoms with Crippen molar-refractivity contribution in [2.45, 2.75) is 19.3 Å². The normalized spacial score (nSPS) is 10.5. The molecule has 7 heteroatoms. The quantitative estimate of drug-likeness (QED) is 0.670. The summed E-state index contributed by atoms with van der Waals surface area (Å²) >= 11 is 1.21. The van der Waals surface area contributed by atoms with E-state index in [0.717, 1.165) is 12.8 Å². The number of hydrogen-bond acceptors (Lipinski definition) is 5. The molecule has 0 saturated carbocycles. The molecule has 0 saturated heterocycles. The number of aryl methyl sites for hydroxylation is 1. The first-order valence-electron chi connectivity index (χ1n) is 8.20. The Morgan fingerprint density at radius 2 is 1.73 bits per heavy atom. The molecule has 6 nitrogen and oxygen atoms in total. The number of hydrogen-bond donors (Lipinski definition) is 2. The van der Waals surface area contributed by atoms with Crippen LogP contribution in [0, 0.1) is 0 Å². The van der Waals surface area contributed by atoms with Gasteiger partial charge >= 0.3 is 0 Å². The highest BCUT2D eigenvalue weighted by atomic mass is 32.1. The summed E-state index contributed by atoms with van der Waals surface area (Å²) in [6.07, 6.45) is 2.01. The number of nitrogens with zero attached hydrogens (tertiary/aromatic N) is 2. The summed E-state index contributed by atoms with van der Waals surface area (Å²) in [6, 6.07) is 17.0. The van der Waals surface area contributed by atoms with Gasteiger partial charge in [0.1, 0.15) is 5.01 Å². The molecule has 1 heterocycles. The minimum absolute atomic E-state index is 0.105. The van der Waals surface area contributed by atoms with Crippen molar-refractivity contribution in [1.82, 2.24) is 10.2 Å². The Bertz CT molecular complexity index is 909. The number of rotatable bonds is 7. The van der Waals surface area contributed by atoms with E-state index in [4.69, 9.17) is 5.73 Å². The summed E-state index contributed by atoms with van der Waals surface area (Å²) in [6.45, 7) is 0. The predicted molar refractivity (Wildman–Crippen MR) is 102 cm³/mol. The Hall–Kier alpha value is -3.06. The molecular weight excluding hydrogens is 348 g/mol. The van der Waals surface area contributed by atoms with Crippen LogP contribution in [0.1, 0.15) is 28.8 Å². The monoisotopic (exact) mass is 366 g/mol. The second kappa shape index (κ2) is 8.35. The van der Waals surface area contributed by atoms with Gasteiger partial charge in [0.05, 0.1) is 0 Å². The number of anilines is 1. The van der Waals surface area contributed by atoms with Crippen LogP contribution >= 0.6 is 11.3 Å². The van der Waals surface area contributed by atoms with E-state index < -0.39 is 5.91 Å². The van der Waals surface area contributed by atoms with Crippen LogP contribution in [0.2, 0.25) is 0 Å². The smallest absolute Gasteiger partial charge is 0.249 e. The third-order valence-electron chi connectivity index (χ3n) is 3.81. The van der Waals surface area contributed by atoms with E-state index in [9.17, 15) is 9.59 Å². The highest BCUT2D eigenvalue weighted by Gasteiger charge is 2.14. The van der Waals surface area contributed by atoms with E-state index in [-0.39, 0.29) is 5.91 Å². The Labute approximate surface area is 155 Å². The number of carbonyl (C=O) groups excluding carboxylic acids is 2. The van der Waals surface area contributed by atoms with Crippen LogP contribution in [0.3, 0.4) is 0 Å². The van der Waals surface area contributed by atoms with Gasteiger partial charge in [-0.15, -0.1) is 10.2 Å². The zero-order chi connectivity index (χ0) is 18.4. The minimum Gasteiger partial charge on any atom is -0.366 e. The largest absolute Gasteiger partial charge is 0.366 e. The minimum atomic E-state index is -0.526. The number of benzene rings is 2. The van der Waals surface area contributed by atoms with Gasteiger partial charge in [-0.25, -0.2) is 0 Å². The third kappa shape index (κ3) is 4.52. The number of nitrogens with one attached hydrogen (secondary N) is 1. The molecule has 0 atom stereocenters. The molecule has 0 fully saturated rings. The molecule has 0 aliphatic carbocycles. The molecule has 3 N–H and O–H groups in total. The van der Waals surface area contributed by atoms with Crippen molar-refractivity contribution in [3.8, 4) is 10.6 Å². The first-order valence-corrected chi connectivity index (χ1v) is 9.01. The van der Waals surface area contributed by atoms with Crippen molar-refractivity contribution in [2.24, 2.45) is 5.73 Å². The summed E-state index contributed by atoms with van der Waals surface area (Å²) in [4.78, 5) is 23.6. The van der Waals surface area contributed by atoms with Gasteiger partial charge in [0.15, 0.2) is 0 Å². The van der Waals surface area contributed by atoms with E-state index >= 15 is 0 Å². The summed E-state index contributed by atoms with van der Waals surface area (Å²) < 4.78 is 0. The summed E-state index contributed by atoms with van der Waals surface area (Å²) in [7, 11) is 0. The maximum atomic E-state index is 12.1. The number of amides is 2. The highest BCUT2D eigenvalue weighted by Crippen LogP contribution is 2.29. The topological polar surface area (TPSA) is 98.0 Å². The number of aromatic nitrogens is 2. The van der Waals surface area contributed by atoms with Crippen molar-refractivity contribution >= 4 is 28.3 Å². The van der Waals surface area contributed by atoms with E-state index in [2.05, 4.69) is 15.5 Å². The van der Waals surface area contributed by atoms with E-state index in [1.54, 1.807) is 24.3 Å². The average molecular weight is 366 g/mol. The summed E-state index contributed by atoms with van der Waals surface area (Å²) in [5, 5.41) is 11.7. The Kier molecular flexibility index (Phi) is 5.70. The van der Waals surface area contributed by atoms with E-state index in [0.29, 0.717) is 27.7 Å². The second-order valence-electron chi connectivity index (χ2n) is 5.71. The van der Waals surface area contributed by atoms with Crippen LogP contribution in [0.15, 0.2) is 54.6 Å². The molecule has 0 bridgehead atoms. The second-order valence-corrected chi connectivity index (χ2v) is 6.69. The molecule has 0 spiro atoms. The molecule has 3 aromatic rings. The van der Waals surface area contributed by atoms with Gasteiger partial charge in [-0.05, 0) is 24.5 Å². The van der Waals surface area contributed by atoms with Crippen LogP contribution in [0.4, 0.5) is 5.13 Å². The van der Waals surface area contributed by atoms with Crippen LogP contribution in [0.25, 0.3) is 10.6 Å². The van der Waals surface area contributed by atoms with Crippen LogP contribution in [-0.2, 0) is 11.2 Å². The number of carbonyl (C=O) groups is 2. The van der Waals surface area contributed by atoms with E-state index in [1.165, 1.54) is 16.9 Å². The van der Waals surface area contributed by atoms with Gasteiger partial charge in [0.25, 0.3) is 0 Å². The molecular formula is C19H18N4O2S. The zero-order valence-electron chi connectivity index (χ0n) is 14.0. The van der Waals surface area contributed by atoms with Crippen molar-refractivity contribution in [2.75, 3.05) is 5.32 Å². The van der Waals surface area contributed by atoms with E-state index in [1.807, 2.05) is 30.3 Å². The lowest BCUT2D eigenvalue weighted by Gasteiger charge is -2.02. The lowest BCUT2D eigenvalue weighted by Crippen LogP contribution is -2.12. The lowest BCUT2D eigenvalue weighted by molar-refractivity contribution is -0.116. The standard InChI is InChI=1S/C19H18N4O2S/c20-17(25)14-10-4-5-11-15(14)18-22-23-19(26-18)21-16(24)12-6-9-13-7-2-1-3-8-13/h1-5,7-8,10-11H,6,9,12H2,(H2,20,25)(H,21,23,24). The maximum Gasteiger partial charge on any atom is 0.249 e.